The van der Waals surface area contributed by atoms with Crippen LogP contribution in [-0.4, -0.2) is 27.0 Å². The molecule has 0 aromatic carbocycles. The smallest absolute Gasteiger partial charge is 0.243 e. The molecule has 21 heavy (non-hydrogen) atoms. The van der Waals surface area contributed by atoms with E-state index in [1.54, 1.807) is 6.33 Å². The Morgan fingerprint density at radius 1 is 1.48 bits per heavy atom. The van der Waals surface area contributed by atoms with Gasteiger partial charge in [0, 0.05) is 23.8 Å². The minimum Gasteiger partial charge on any atom is -0.350 e. The first-order chi connectivity index (χ1) is 9.78. The maximum absolute atomic E-state index is 12.4. The van der Waals surface area contributed by atoms with Crippen molar-refractivity contribution in [3.63, 3.8) is 0 Å². The van der Waals surface area contributed by atoms with E-state index >= 15 is 0 Å². The van der Waals surface area contributed by atoms with Gasteiger partial charge in [-0.15, -0.1) is 0 Å². The third-order valence-electron chi connectivity index (χ3n) is 3.96. The topological polar surface area (TPSA) is 59.0 Å². The molecule has 1 aliphatic rings. The average molecular weight is 292 g/mol. The van der Waals surface area contributed by atoms with Crippen molar-refractivity contribution in [2.24, 2.45) is 0 Å². The molecule has 5 nitrogen and oxygen atoms in total. The van der Waals surface area contributed by atoms with Crippen LogP contribution in [0.2, 0.25) is 0 Å². The van der Waals surface area contributed by atoms with E-state index in [4.69, 9.17) is 0 Å². The lowest BCUT2D eigenvalue weighted by molar-refractivity contribution is -0.125. The van der Waals surface area contributed by atoms with Crippen LogP contribution < -0.4 is 10.6 Å². The number of carbonyl (C=O) groups excluding carboxylic acids is 1. The van der Waals surface area contributed by atoms with Crippen molar-refractivity contribution < 1.29 is 4.79 Å². The van der Waals surface area contributed by atoms with Gasteiger partial charge in [0.2, 0.25) is 5.91 Å². The number of piperidine rings is 1. The lowest BCUT2D eigenvalue weighted by atomic mass is 9.97. The van der Waals surface area contributed by atoms with Crippen molar-refractivity contribution in [3.8, 4) is 0 Å². The molecule has 3 atom stereocenters. The van der Waals surface area contributed by atoms with Crippen LogP contribution in [0.25, 0.3) is 0 Å². The Morgan fingerprint density at radius 3 is 2.81 bits per heavy atom. The first-order valence-electron chi connectivity index (χ1n) is 7.88. The maximum Gasteiger partial charge on any atom is 0.243 e. The predicted molar refractivity (Wildman–Crippen MR) is 84.0 cm³/mol. The molecule has 1 aromatic rings. The number of hydrogen-bond acceptors (Lipinski definition) is 3. The number of nitrogens with zero attached hydrogens (tertiary/aromatic N) is 2. The Labute approximate surface area is 127 Å². The SMILES string of the molecule is CC1CCCC(c2cncn2C(C)C(=O)NC(C)(C)C)N1. The Bertz CT molecular complexity index is 489. The largest absolute Gasteiger partial charge is 0.350 e. The quantitative estimate of drug-likeness (QED) is 0.900. The van der Waals surface area contributed by atoms with Crippen LogP contribution in [0.5, 0.6) is 0 Å². The molecular weight excluding hydrogens is 264 g/mol. The maximum atomic E-state index is 12.4. The number of hydrogen-bond donors (Lipinski definition) is 2. The standard InChI is InChI=1S/C16H28N4O/c1-11-7-6-8-13(18-11)14-9-17-10-20(14)12(2)15(21)19-16(3,4)5/h9-13,18H,6-8H2,1-5H3,(H,19,21). The molecule has 0 spiro atoms. The third kappa shape index (κ3) is 4.06. The molecule has 2 N–H and O–H groups in total. The lowest BCUT2D eigenvalue weighted by Gasteiger charge is -2.31. The van der Waals surface area contributed by atoms with E-state index in [0.29, 0.717) is 12.1 Å². The summed E-state index contributed by atoms with van der Waals surface area (Å²) in [4.78, 5) is 16.6. The van der Waals surface area contributed by atoms with Gasteiger partial charge >= 0.3 is 0 Å². The number of nitrogens with one attached hydrogen (secondary N) is 2. The fourth-order valence-corrected chi connectivity index (χ4v) is 2.88. The molecule has 1 fully saturated rings. The van der Waals surface area contributed by atoms with Crippen molar-refractivity contribution in [3.05, 3.63) is 18.2 Å². The summed E-state index contributed by atoms with van der Waals surface area (Å²) in [5.74, 6) is 0.0330. The molecule has 2 rings (SSSR count). The van der Waals surface area contributed by atoms with Crippen LogP contribution >= 0.6 is 0 Å². The number of amides is 1. The van der Waals surface area contributed by atoms with Crippen LogP contribution in [0, 0.1) is 0 Å². The van der Waals surface area contributed by atoms with Crippen molar-refractivity contribution in [2.75, 3.05) is 0 Å². The molecule has 118 valence electrons. The van der Waals surface area contributed by atoms with Crippen LogP contribution in [0.4, 0.5) is 0 Å². The van der Waals surface area contributed by atoms with Crippen LogP contribution in [-0.2, 0) is 4.79 Å². The Kier molecular flexibility index (Phi) is 4.71. The molecule has 5 heteroatoms. The summed E-state index contributed by atoms with van der Waals surface area (Å²) in [6.07, 6.45) is 7.18. The molecule has 0 bridgehead atoms. The fraction of sp³-hybridized carbons (Fsp3) is 0.750. The monoisotopic (exact) mass is 292 g/mol. The Hall–Kier alpha value is -1.36. The molecule has 0 radical (unpaired) electrons. The van der Waals surface area contributed by atoms with Gasteiger partial charge in [0.1, 0.15) is 6.04 Å². The summed E-state index contributed by atoms with van der Waals surface area (Å²) in [5, 5.41) is 6.65. The average Bonchev–Trinajstić information content (AvgIpc) is 2.84. The first-order valence-corrected chi connectivity index (χ1v) is 7.88. The van der Waals surface area contributed by atoms with Crippen molar-refractivity contribution in [1.82, 2.24) is 20.2 Å². The minimum absolute atomic E-state index is 0.0330. The summed E-state index contributed by atoms with van der Waals surface area (Å²) < 4.78 is 2.00. The van der Waals surface area contributed by atoms with Crippen molar-refractivity contribution in [2.45, 2.75) is 77.5 Å². The van der Waals surface area contributed by atoms with E-state index in [2.05, 4.69) is 22.5 Å². The summed E-state index contributed by atoms with van der Waals surface area (Å²) in [7, 11) is 0. The second-order valence-electron chi connectivity index (χ2n) is 7.19. The zero-order valence-corrected chi connectivity index (χ0v) is 13.8. The van der Waals surface area contributed by atoms with Gasteiger partial charge in [0.25, 0.3) is 0 Å². The highest BCUT2D eigenvalue weighted by Crippen LogP contribution is 2.27. The summed E-state index contributed by atoms with van der Waals surface area (Å²) >= 11 is 0. The normalized spacial score (nSPS) is 24.6. The molecular formula is C16H28N4O. The van der Waals surface area contributed by atoms with Crippen LogP contribution in [0.15, 0.2) is 12.5 Å². The van der Waals surface area contributed by atoms with Gasteiger partial charge in [-0.1, -0.05) is 0 Å². The molecule has 1 saturated heterocycles. The van der Waals surface area contributed by atoms with Gasteiger partial charge in [-0.25, -0.2) is 4.98 Å². The molecule has 1 aromatic heterocycles. The van der Waals surface area contributed by atoms with Crippen molar-refractivity contribution in [1.29, 1.82) is 0 Å². The first kappa shape index (κ1) is 16.0. The fourth-order valence-electron chi connectivity index (χ4n) is 2.88. The summed E-state index contributed by atoms with van der Waals surface area (Å²) in [6, 6.07) is 0.563. The van der Waals surface area contributed by atoms with Crippen LogP contribution in [0.1, 0.15) is 71.7 Å². The molecule has 0 aliphatic carbocycles. The number of imidazole rings is 1. The van der Waals surface area contributed by atoms with Gasteiger partial charge < -0.3 is 15.2 Å². The highest BCUT2D eigenvalue weighted by atomic mass is 16.2. The molecule has 1 amide bonds. The van der Waals surface area contributed by atoms with Gasteiger partial charge in [-0.2, -0.15) is 0 Å². The van der Waals surface area contributed by atoms with E-state index in [1.165, 1.54) is 12.8 Å². The van der Waals surface area contributed by atoms with Crippen molar-refractivity contribution >= 4 is 5.91 Å². The molecule has 3 unspecified atom stereocenters. The van der Waals surface area contributed by atoms with Gasteiger partial charge in [0.15, 0.2) is 0 Å². The van der Waals surface area contributed by atoms with Gasteiger partial charge in [0.05, 0.1) is 12.0 Å². The zero-order chi connectivity index (χ0) is 15.6. The lowest BCUT2D eigenvalue weighted by Crippen LogP contribution is -2.44. The highest BCUT2D eigenvalue weighted by Gasteiger charge is 2.26. The predicted octanol–water partition coefficient (Wildman–Crippen LogP) is 2.56. The number of rotatable bonds is 3. The van der Waals surface area contributed by atoms with E-state index in [0.717, 1.165) is 12.1 Å². The second kappa shape index (κ2) is 6.18. The van der Waals surface area contributed by atoms with E-state index < -0.39 is 0 Å². The summed E-state index contributed by atoms with van der Waals surface area (Å²) in [5.41, 5.74) is 0.891. The van der Waals surface area contributed by atoms with E-state index in [9.17, 15) is 4.79 Å². The molecule has 1 aliphatic heterocycles. The zero-order valence-electron chi connectivity index (χ0n) is 13.8. The summed E-state index contributed by atoms with van der Waals surface area (Å²) in [6.45, 7) is 10.1. The van der Waals surface area contributed by atoms with Gasteiger partial charge in [-0.05, 0) is 53.9 Å². The molecule has 0 saturated carbocycles. The van der Waals surface area contributed by atoms with E-state index in [1.807, 2.05) is 38.5 Å². The van der Waals surface area contributed by atoms with Gasteiger partial charge in [-0.3, -0.25) is 4.79 Å². The highest BCUT2D eigenvalue weighted by molar-refractivity contribution is 5.80. The molecule has 2 heterocycles. The third-order valence-corrected chi connectivity index (χ3v) is 3.96. The number of aromatic nitrogens is 2. The minimum atomic E-state index is -0.249. The van der Waals surface area contributed by atoms with Crippen LogP contribution in [0.3, 0.4) is 0 Å². The number of carbonyl (C=O) groups is 1. The second-order valence-corrected chi connectivity index (χ2v) is 7.19. The van der Waals surface area contributed by atoms with E-state index in [-0.39, 0.29) is 17.5 Å². The Balaban J connectivity index is 2.14. The Morgan fingerprint density at radius 2 is 2.19 bits per heavy atom.